The van der Waals surface area contributed by atoms with Gasteiger partial charge in [0.25, 0.3) is 0 Å². The third-order valence-corrected chi connectivity index (χ3v) is 3.12. The molecule has 0 aliphatic carbocycles. The molecule has 0 bridgehead atoms. The summed E-state index contributed by atoms with van der Waals surface area (Å²) in [6.07, 6.45) is 0.638. The highest BCUT2D eigenvalue weighted by Gasteiger charge is 2.12. The van der Waals surface area contributed by atoms with E-state index < -0.39 is 0 Å². The van der Waals surface area contributed by atoms with Gasteiger partial charge in [-0.15, -0.1) is 0 Å². The smallest absolute Gasteiger partial charge is 0.0992 e. The Morgan fingerprint density at radius 1 is 1.53 bits per heavy atom. The van der Waals surface area contributed by atoms with Gasteiger partial charge in [0.1, 0.15) is 0 Å². The number of hydrogen-bond donors (Lipinski definition) is 1. The first-order valence-electron chi connectivity index (χ1n) is 5.39. The molecule has 0 aliphatic heterocycles. The molecule has 0 radical (unpaired) electrons. The molecule has 1 atom stereocenters. The summed E-state index contributed by atoms with van der Waals surface area (Å²) in [6.45, 7) is 2.06. The van der Waals surface area contributed by atoms with E-state index in [1.165, 1.54) is 0 Å². The fraction of sp³-hybridized carbons (Fsp3) is 0.385. The molecule has 3 nitrogen and oxygen atoms in total. The summed E-state index contributed by atoms with van der Waals surface area (Å²) in [5.74, 6) is 0. The highest BCUT2D eigenvalue weighted by atomic mass is 35.5. The van der Waals surface area contributed by atoms with Crippen molar-refractivity contribution in [2.45, 2.75) is 19.4 Å². The van der Waals surface area contributed by atoms with Crippen LogP contribution in [0.15, 0.2) is 18.2 Å². The molecule has 0 fully saturated rings. The first kappa shape index (κ1) is 13.7. The van der Waals surface area contributed by atoms with E-state index in [1.807, 2.05) is 20.2 Å². The average Bonchev–Trinajstić information content (AvgIpc) is 2.28. The largest absolute Gasteiger partial charge is 0.306 e. The topological polar surface area (TPSA) is 50.9 Å². The number of nitrogens with zero attached hydrogens (tertiary/aromatic N) is 2. The Morgan fingerprint density at radius 3 is 2.65 bits per heavy atom. The fourth-order valence-electron chi connectivity index (χ4n) is 1.42. The summed E-state index contributed by atoms with van der Waals surface area (Å²) in [4.78, 5) is 2.06. The van der Waals surface area contributed by atoms with Crippen molar-refractivity contribution in [2.24, 2.45) is 0 Å². The summed E-state index contributed by atoms with van der Waals surface area (Å²) < 4.78 is 0. The van der Waals surface area contributed by atoms with E-state index in [0.29, 0.717) is 28.3 Å². The zero-order chi connectivity index (χ0) is 13.0. The van der Waals surface area contributed by atoms with Gasteiger partial charge in [-0.1, -0.05) is 17.7 Å². The van der Waals surface area contributed by atoms with E-state index in [1.54, 1.807) is 18.2 Å². The second-order valence-electron chi connectivity index (χ2n) is 4.30. The van der Waals surface area contributed by atoms with Gasteiger partial charge in [0.2, 0.25) is 0 Å². The van der Waals surface area contributed by atoms with E-state index in [9.17, 15) is 0 Å². The first-order chi connectivity index (χ1) is 7.95. The van der Waals surface area contributed by atoms with Crippen molar-refractivity contribution < 1.29 is 0 Å². The normalized spacial score (nSPS) is 12.2. The lowest BCUT2D eigenvalue weighted by atomic mass is 10.0. The van der Waals surface area contributed by atoms with Crippen LogP contribution in [0.3, 0.4) is 0 Å². The standard InChI is InChI=1S/C13H16ClN3/c1-9(17(2)3)6-13(16)11-5-4-10(8-15)7-12(11)14/h4-5,7,9,16H,6H2,1-3H3. The molecule has 0 saturated carbocycles. The Kier molecular flexibility index (Phi) is 4.68. The molecule has 17 heavy (non-hydrogen) atoms. The first-order valence-corrected chi connectivity index (χ1v) is 5.77. The molecule has 4 heteroatoms. The summed E-state index contributed by atoms with van der Waals surface area (Å²) in [7, 11) is 3.97. The molecule has 0 saturated heterocycles. The molecule has 1 aromatic carbocycles. The van der Waals surface area contributed by atoms with Crippen molar-refractivity contribution in [3.05, 3.63) is 34.3 Å². The van der Waals surface area contributed by atoms with Crippen molar-refractivity contribution in [1.29, 1.82) is 10.7 Å². The molecular formula is C13H16ClN3. The lowest BCUT2D eigenvalue weighted by molar-refractivity contribution is 0.321. The van der Waals surface area contributed by atoms with E-state index in [4.69, 9.17) is 22.3 Å². The number of halogens is 1. The third-order valence-electron chi connectivity index (χ3n) is 2.80. The minimum Gasteiger partial charge on any atom is -0.306 e. The highest BCUT2D eigenvalue weighted by molar-refractivity contribution is 6.34. The Bertz CT molecular complexity index is 460. The van der Waals surface area contributed by atoms with Gasteiger partial charge in [0, 0.05) is 23.7 Å². The van der Waals surface area contributed by atoms with Gasteiger partial charge < -0.3 is 10.3 Å². The van der Waals surface area contributed by atoms with E-state index in [0.717, 1.165) is 0 Å². The highest BCUT2D eigenvalue weighted by Crippen LogP contribution is 2.20. The predicted octanol–water partition coefficient (Wildman–Crippen LogP) is 2.92. The van der Waals surface area contributed by atoms with Crippen molar-refractivity contribution in [3.8, 4) is 6.07 Å². The predicted molar refractivity (Wildman–Crippen MR) is 70.8 cm³/mol. The third kappa shape index (κ3) is 3.55. The summed E-state index contributed by atoms with van der Waals surface area (Å²) in [6, 6.07) is 7.35. The number of hydrogen-bond acceptors (Lipinski definition) is 3. The van der Waals surface area contributed by atoms with Crippen LogP contribution >= 0.6 is 11.6 Å². The Balaban J connectivity index is 2.87. The van der Waals surface area contributed by atoms with E-state index in [2.05, 4.69) is 11.8 Å². The summed E-state index contributed by atoms with van der Waals surface area (Å²) in [5, 5.41) is 17.2. The van der Waals surface area contributed by atoms with Crippen LogP contribution in [0.5, 0.6) is 0 Å². The van der Waals surface area contributed by atoms with Crippen molar-refractivity contribution in [2.75, 3.05) is 14.1 Å². The van der Waals surface area contributed by atoms with E-state index in [-0.39, 0.29) is 6.04 Å². The summed E-state index contributed by atoms with van der Waals surface area (Å²) >= 11 is 6.06. The molecule has 0 amide bonds. The molecule has 1 N–H and O–H groups in total. The van der Waals surface area contributed by atoms with Crippen molar-refractivity contribution in [1.82, 2.24) is 4.90 Å². The van der Waals surface area contributed by atoms with Crippen molar-refractivity contribution in [3.63, 3.8) is 0 Å². The molecule has 1 unspecified atom stereocenters. The number of nitrogens with one attached hydrogen (secondary N) is 1. The van der Waals surface area contributed by atoms with Gasteiger partial charge in [-0.3, -0.25) is 0 Å². The number of rotatable bonds is 4. The zero-order valence-corrected chi connectivity index (χ0v) is 11.0. The van der Waals surface area contributed by atoms with Crippen LogP contribution in [0.2, 0.25) is 5.02 Å². The summed E-state index contributed by atoms with van der Waals surface area (Å²) in [5.41, 5.74) is 1.73. The molecule has 1 aromatic rings. The van der Waals surface area contributed by atoms with Crippen LogP contribution in [0.4, 0.5) is 0 Å². The number of nitriles is 1. The maximum Gasteiger partial charge on any atom is 0.0992 e. The fourth-order valence-corrected chi connectivity index (χ4v) is 1.71. The van der Waals surface area contributed by atoms with Crippen LogP contribution in [-0.2, 0) is 0 Å². The van der Waals surface area contributed by atoms with Crippen LogP contribution in [0.25, 0.3) is 0 Å². The molecule has 0 spiro atoms. The van der Waals surface area contributed by atoms with Crippen LogP contribution in [-0.4, -0.2) is 30.7 Å². The van der Waals surface area contributed by atoms with Crippen molar-refractivity contribution >= 4 is 17.3 Å². The second-order valence-corrected chi connectivity index (χ2v) is 4.71. The number of benzene rings is 1. The second kappa shape index (κ2) is 5.81. The lowest BCUT2D eigenvalue weighted by Gasteiger charge is -2.20. The molecule has 0 heterocycles. The lowest BCUT2D eigenvalue weighted by Crippen LogP contribution is -2.27. The molecule has 90 valence electrons. The van der Waals surface area contributed by atoms with Crippen LogP contribution in [0.1, 0.15) is 24.5 Å². The van der Waals surface area contributed by atoms with Gasteiger partial charge in [0.05, 0.1) is 16.7 Å². The van der Waals surface area contributed by atoms with Gasteiger partial charge >= 0.3 is 0 Å². The molecule has 0 aliphatic rings. The molecular weight excluding hydrogens is 234 g/mol. The Hall–Kier alpha value is -1.37. The Morgan fingerprint density at radius 2 is 2.18 bits per heavy atom. The maximum absolute atomic E-state index is 8.74. The maximum atomic E-state index is 8.74. The molecule has 1 rings (SSSR count). The minimum absolute atomic E-state index is 0.286. The SMILES string of the molecule is CC(CC(=N)c1ccc(C#N)cc1Cl)N(C)C. The minimum atomic E-state index is 0.286. The van der Waals surface area contributed by atoms with Gasteiger partial charge in [-0.05, 0) is 33.2 Å². The monoisotopic (exact) mass is 249 g/mol. The quantitative estimate of drug-likeness (QED) is 0.835. The Labute approximate surface area is 107 Å². The van der Waals surface area contributed by atoms with Gasteiger partial charge in [-0.25, -0.2) is 0 Å². The van der Waals surface area contributed by atoms with Crippen LogP contribution in [0, 0.1) is 16.7 Å². The zero-order valence-electron chi connectivity index (χ0n) is 10.3. The van der Waals surface area contributed by atoms with Gasteiger partial charge in [-0.2, -0.15) is 5.26 Å². The average molecular weight is 250 g/mol. The van der Waals surface area contributed by atoms with E-state index >= 15 is 0 Å². The van der Waals surface area contributed by atoms with Crippen LogP contribution < -0.4 is 0 Å². The molecule has 0 aromatic heterocycles. The van der Waals surface area contributed by atoms with Gasteiger partial charge in [0.15, 0.2) is 0 Å².